The van der Waals surface area contributed by atoms with Gasteiger partial charge in [-0.25, -0.2) is 0 Å². The third kappa shape index (κ3) is 1.42. The zero-order chi connectivity index (χ0) is 10.3. The molecule has 1 aliphatic heterocycles. The van der Waals surface area contributed by atoms with Gasteiger partial charge in [0.1, 0.15) is 11.4 Å². The Hall–Kier alpha value is -1.38. The van der Waals surface area contributed by atoms with Crippen LogP contribution in [-0.4, -0.2) is 18.7 Å². The number of hydrogen-bond acceptors (Lipinski definition) is 3. The minimum absolute atomic E-state index is 0.345. The number of ether oxygens (including phenoxy) is 1. The van der Waals surface area contributed by atoms with Gasteiger partial charge < -0.3 is 15.4 Å². The Kier molecular flexibility index (Phi) is 1.81. The highest BCUT2D eigenvalue weighted by atomic mass is 16.5. The second kappa shape index (κ2) is 3.05. The predicted octanol–water partition coefficient (Wildman–Crippen LogP) is 2.46. The molecule has 1 aliphatic carbocycles. The molecule has 0 aromatic heterocycles. The van der Waals surface area contributed by atoms with E-state index in [0.717, 1.165) is 18.0 Å². The standard InChI is InChI=1S/C12H16N2O/c1-2-15-10-5-3-4-9-11(10)13-8-12(14-9)6-7-12/h3-5,13-14H,2,6-8H2,1H3. The molecule has 1 aromatic rings. The molecule has 2 N–H and O–H groups in total. The molecule has 3 rings (SSSR count). The van der Waals surface area contributed by atoms with Gasteiger partial charge in [0.2, 0.25) is 0 Å². The lowest BCUT2D eigenvalue weighted by molar-refractivity contribution is 0.341. The molecule has 2 aliphatic rings. The van der Waals surface area contributed by atoms with E-state index in [1.54, 1.807) is 0 Å². The Morgan fingerprint density at radius 1 is 1.40 bits per heavy atom. The summed E-state index contributed by atoms with van der Waals surface area (Å²) >= 11 is 0. The van der Waals surface area contributed by atoms with Crippen molar-refractivity contribution in [3.8, 4) is 5.75 Å². The number of anilines is 2. The Balaban J connectivity index is 1.94. The van der Waals surface area contributed by atoms with Crippen LogP contribution in [-0.2, 0) is 0 Å². The molecule has 0 radical (unpaired) electrons. The minimum atomic E-state index is 0.345. The van der Waals surface area contributed by atoms with Crippen molar-refractivity contribution in [3.63, 3.8) is 0 Å². The van der Waals surface area contributed by atoms with Gasteiger partial charge >= 0.3 is 0 Å². The fraction of sp³-hybridized carbons (Fsp3) is 0.500. The summed E-state index contributed by atoms with van der Waals surface area (Å²) in [6.07, 6.45) is 2.55. The SMILES string of the molecule is CCOc1cccc2c1NCC1(CC1)N2. The number of fused-ring (bicyclic) bond motifs is 1. The molecule has 0 amide bonds. The van der Waals surface area contributed by atoms with Crippen LogP contribution >= 0.6 is 0 Å². The first-order valence-electron chi connectivity index (χ1n) is 5.61. The Labute approximate surface area is 89.8 Å². The Bertz CT molecular complexity index is 385. The molecule has 0 saturated heterocycles. The lowest BCUT2D eigenvalue weighted by atomic mass is 10.1. The maximum Gasteiger partial charge on any atom is 0.144 e. The normalized spacial score (nSPS) is 20.1. The highest BCUT2D eigenvalue weighted by molar-refractivity contribution is 5.79. The van der Waals surface area contributed by atoms with Crippen molar-refractivity contribution in [2.24, 2.45) is 0 Å². The van der Waals surface area contributed by atoms with Gasteiger partial charge in [0.25, 0.3) is 0 Å². The fourth-order valence-electron chi connectivity index (χ4n) is 2.13. The molecule has 1 spiro atoms. The molecule has 1 fully saturated rings. The lowest BCUT2D eigenvalue weighted by Crippen LogP contribution is -2.35. The van der Waals surface area contributed by atoms with E-state index < -0.39 is 0 Å². The predicted molar refractivity (Wildman–Crippen MR) is 61.7 cm³/mol. The summed E-state index contributed by atoms with van der Waals surface area (Å²) in [6.45, 7) is 3.74. The average molecular weight is 204 g/mol. The van der Waals surface area contributed by atoms with E-state index in [1.165, 1.54) is 18.5 Å². The second-order valence-corrected chi connectivity index (χ2v) is 4.37. The topological polar surface area (TPSA) is 33.3 Å². The summed E-state index contributed by atoms with van der Waals surface area (Å²) < 4.78 is 5.59. The molecular formula is C12H16N2O. The largest absolute Gasteiger partial charge is 0.492 e. The van der Waals surface area contributed by atoms with Crippen LogP contribution in [0.1, 0.15) is 19.8 Å². The van der Waals surface area contributed by atoms with Gasteiger partial charge in [-0.1, -0.05) is 6.07 Å². The van der Waals surface area contributed by atoms with Gasteiger partial charge in [-0.15, -0.1) is 0 Å². The van der Waals surface area contributed by atoms with Gasteiger partial charge in [0, 0.05) is 6.54 Å². The zero-order valence-corrected chi connectivity index (χ0v) is 8.97. The van der Waals surface area contributed by atoms with Gasteiger partial charge in [-0.2, -0.15) is 0 Å². The van der Waals surface area contributed by atoms with E-state index in [1.807, 2.05) is 19.1 Å². The molecule has 1 aromatic carbocycles. The summed E-state index contributed by atoms with van der Waals surface area (Å²) in [6, 6.07) is 6.17. The molecule has 1 heterocycles. The zero-order valence-electron chi connectivity index (χ0n) is 8.97. The third-order valence-electron chi connectivity index (χ3n) is 3.18. The van der Waals surface area contributed by atoms with Crippen LogP contribution in [0.2, 0.25) is 0 Å². The molecule has 0 atom stereocenters. The summed E-state index contributed by atoms with van der Waals surface area (Å²) in [5.41, 5.74) is 2.65. The monoisotopic (exact) mass is 204 g/mol. The maximum absolute atomic E-state index is 5.59. The molecule has 80 valence electrons. The number of para-hydroxylation sites is 1. The molecule has 0 bridgehead atoms. The molecular weight excluding hydrogens is 188 g/mol. The van der Waals surface area contributed by atoms with Crippen molar-refractivity contribution in [2.75, 3.05) is 23.8 Å². The third-order valence-corrected chi connectivity index (χ3v) is 3.18. The van der Waals surface area contributed by atoms with Crippen molar-refractivity contribution < 1.29 is 4.74 Å². The van der Waals surface area contributed by atoms with Crippen molar-refractivity contribution in [2.45, 2.75) is 25.3 Å². The smallest absolute Gasteiger partial charge is 0.144 e. The van der Waals surface area contributed by atoms with E-state index in [0.29, 0.717) is 12.1 Å². The minimum Gasteiger partial charge on any atom is -0.492 e. The van der Waals surface area contributed by atoms with Gasteiger partial charge in [-0.3, -0.25) is 0 Å². The van der Waals surface area contributed by atoms with Crippen molar-refractivity contribution >= 4 is 11.4 Å². The summed E-state index contributed by atoms with van der Waals surface area (Å²) in [7, 11) is 0. The van der Waals surface area contributed by atoms with E-state index >= 15 is 0 Å². The van der Waals surface area contributed by atoms with E-state index in [-0.39, 0.29) is 0 Å². The number of hydrogen-bond donors (Lipinski definition) is 2. The van der Waals surface area contributed by atoms with E-state index in [2.05, 4.69) is 16.7 Å². The van der Waals surface area contributed by atoms with Crippen LogP contribution in [0.15, 0.2) is 18.2 Å². The van der Waals surface area contributed by atoms with Gasteiger partial charge in [0.15, 0.2) is 0 Å². The van der Waals surface area contributed by atoms with Gasteiger partial charge in [-0.05, 0) is 31.9 Å². The van der Waals surface area contributed by atoms with Crippen molar-refractivity contribution in [1.29, 1.82) is 0 Å². The van der Waals surface area contributed by atoms with Crippen molar-refractivity contribution in [1.82, 2.24) is 0 Å². The van der Waals surface area contributed by atoms with Crippen LogP contribution in [0.3, 0.4) is 0 Å². The molecule has 3 nitrogen and oxygen atoms in total. The first-order valence-corrected chi connectivity index (χ1v) is 5.61. The second-order valence-electron chi connectivity index (χ2n) is 4.37. The summed E-state index contributed by atoms with van der Waals surface area (Å²) in [4.78, 5) is 0. The van der Waals surface area contributed by atoms with Crippen LogP contribution in [0, 0.1) is 0 Å². The fourth-order valence-corrected chi connectivity index (χ4v) is 2.13. The number of nitrogens with one attached hydrogen (secondary N) is 2. The lowest BCUT2D eigenvalue weighted by Gasteiger charge is -2.29. The molecule has 0 unspecified atom stereocenters. The first kappa shape index (κ1) is 8.89. The van der Waals surface area contributed by atoms with Crippen molar-refractivity contribution in [3.05, 3.63) is 18.2 Å². The number of rotatable bonds is 2. The van der Waals surface area contributed by atoms with Crippen LogP contribution in [0.25, 0.3) is 0 Å². The summed E-state index contributed by atoms with van der Waals surface area (Å²) in [5.74, 6) is 0.956. The van der Waals surface area contributed by atoms with Crippen LogP contribution in [0.5, 0.6) is 5.75 Å². The molecule has 3 heteroatoms. The number of benzene rings is 1. The van der Waals surface area contributed by atoms with Gasteiger partial charge in [0.05, 0.1) is 17.8 Å². The summed E-state index contributed by atoms with van der Waals surface area (Å²) in [5, 5.41) is 7.08. The van der Waals surface area contributed by atoms with Crippen LogP contribution in [0.4, 0.5) is 11.4 Å². The van der Waals surface area contributed by atoms with Crippen LogP contribution < -0.4 is 15.4 Å². The highest BCUT2D eigenvalue weighted by Crippen LogP contribution is 2.46. The molecule has 15 heavy (non-hydrogen) atoms. The Morgan fingerprint density at radius 2 is 2.27 bits per heavy atom. The first-order chi connectivity index (χ1) is 7.33. The maximum atomic E-state index is 5.59. The molecule has 1 saturated carbocycles. The average Bonchev–Trinajstić information content (AvgIpc) is 2.98. The highest BCUT2D eigenvalue weighted by Gasteiger charge is 2.45. The van der Waals surface area contributed by atoms with E-state index in [9.17, 15) is 0 Å². The van der Waals surface area contributed by atoms with E-state index in [4.69, 9.17) is 4.74 Å². The quantitative estimate of drug-likeness (QED) is 0.776. The Morgan fingerprint density at radius 3 is 3.00 bits per heavy atom.